The summed E-state index contributed by atoms with van der Waals surface area (Å²) in [4.78, 5) is 0. The number of rotatable bonds is 1. The van der Waals surface area contributed by atoms with E-state index in [0.717, 1.165) is 10.0 Å². The number of phenols is 1. The molecule has 0 radical (unpaired) electrons. The highest BCUT2D eigenvalue weighted by Gasteiger charge is 1.88. The second-order valence-electron chi connectivity index (χ2n) is 4.48. The largest absolute Gasteiger partial charge is 0.870 e. The minimum atomic E-state index is 0. The first-order valence-electron chi connectivity index (χ1n) is 4.53. The van der Waals surface area contributed by atoms with E-state index in [4.69, 9.17) is 5.11 Å². The second-order valence-corrected chi connectivity index (χ2v) is 4.48. The van der Waals surface area contributed by atoms with Crippen molar-refractivity contribution in [2.45, 2.75) is 0 Å². The molecule has 3 heteroatoms. The summed E-state index contributed by atoms with van der Waals surface area (Å²) in [6.45, 7) is 3.58. The zero-order valence-electron chi connectivity index (χ0n) is 9.94. The Kier molecular flexibility index (Phi) is 7.56. The fourth-order valence-electron chi connectivity index (χ4n) is 0.610. The highest BCUT2D eigenvalue weighted by atomic mass is 16.3. The van der Waals surface area contributed by atoms with Gasteiger partial charge < -0.3 is 15.1 Å². The summed E-state index contributed by atoms with van der Waals surface area (Å²) in [5.41, 5.74) is 1.02. The lowest BCUT2D eigenvalue weighted by molar-refractivity contribution is -0.849. The number of hydrogen-bond donors (Lipinski definition) is 1. The Bertz CT molecular complexity index is 267. The van der Waals surface area contributed by atoms with Gasteiger partial charge in [-0.3, -0.25) is 0 Å². The fraction of sp³-hybridized carbons (Fsp3) is 0.333. The maximum Gasteiger partial charge on any atom is 0.115 e. The summed E-state index contributed by atoms with van der Waals surface area (Å²) in [6.07, 6.45) is 1.74. The first kappa shape index (κ1) is 16.1. The summed E-state index contributed by atoms with van der Waals surface area (Å²) in [6, 6.07) is 6.89. The van der Waals surface area contributed by atoms with Gasteiger partial charge in [0, 0.05) is 0 Å². The van der Waals surface area contributed by atoms with Crippen LogP contribution in [0.5, 0.6) is 5.75 Å². The number of nitrogens with zero attached hydrogens (tertiary/aromatic N) is 1. The molecule has 1 rings (SSSR count). The average Bonchev–Trinajstić information content (AvgIpc) is 2.03. The molecule has 0 amide bonds. The predicted molar refractivity (Wildman–Crippen MR) is 64.1 cm³/mol. The summed E-state index contributed by atoms with van der Waals surface area (Å²) >= 11 is 0. The number of benzene rings is 1. The molecule has 0 bridgehead atoms. The Hall–Kier alpha value is -1.32. The van der Waals surface area contributed by atoms with E-state index >= 15 is 0 Å². The Morgan fingerprint density at radius 2 is 1.40 bits per heavy atom. The van der Waals surface area contributed by atoms with Gasteiger partial charge in [-0.25, -0.2) is 0 Å². The maximum absolute atomic E-state index is 8.82. The number of quaternary nitrogens is 1. The lowest BCUT2D eigenvalue weighted by Crippen LogP contribution is -2.27. The van der Waals surface area contributed by atoms with E-state index in [0.29, 0.717) is 5.75 Å². The standard InChI is InChI=1S/C8H8O.C4H12N.H2O/c1-2-7-3-5-8(9)6-4-7;1-5(2,3)4;/h2-6,9H,1H2;1-4H3;1H2/q;+1;/p-1. The van der Waals surface area contributed by atoms with E-state index in [2.05, 4.69) is 34.8 Å². The van der Waals surface area contributed by atoms with Gasteiger partial charge in [0.15, 0.2) is 0 Å². The van der Waals surface area contributed by atoms with Crippen molar-refractivity contribution >= 4 is 6.08 Å². The van der Waals surface area contributed by atoms with Crippen LogP contribution in [0.15, 0.2) is 30.8 Å². The van der Waals surface area contributed by atoms with E-state index in [1.807, 2.05) is 12.1 Å². The maximum atomic E-state index is 8.82. The summed E-state index contributed by atoms with van der Waals surface area (Å²) in [5, 5.41) is 8.82. The Balaban J connectivity index is 0. The van der Waals surface area contributed by atoms with Crippen LogP contribution in [0.25, 0.3) is 6.08 Å². The molecule has 0 aliphatic carbocycles. The van der Waals surface area contributed by atoms with E-state index in [1.54, 1.807) is 18.2 Å². The molecule has 0 saturated carbocycles. The van der Waals surface area contributed by atoms with Crippen molar-refractivity contribution in [1.29, 1.82) is 0 Å². The third-order valence-corrected chi connectivity index (χ3v) is 1.13. The van der Waals surface area contributed by atoms with Gasteiger partial charge in [-0.1, -0.05) is 24.8 Å². The van der Waals surface area contributed by atoms with Crippen LogP contribution in [0.4, 0.5) is 0 Å². The lowest BCUT2D eigenvalue weighted by Gasteiger charge is -2.14. The van der Waals surface area contributed by atoms with Gasteiger partial charge in [0.05, 0.1) is 28.2 Å². The monoisotopic (exact) mass is 211 g/mol. The molecule has 2 N–H and O–H groups in total. The van der Waals surface area contributed by atoms with Crippen LogP contribution in [0.3, 0.4) is 0 Å². The number of hydrogen-bond acceptors (Lipinski definition) is 2. The highest BCUT2D eigenvalue weighted by molar-refractivity contribution is 5.47. The minimum absolute atomic E-state index is 0. The summed E-state index contributed by atoms with van der Waals surface area (Å²) in [5.74, 6) is 0.292. The molecule has 0 spiro atoms. The highest BCUT2D eigenvalue weighted by Crippen LogP contribution is 2.09. The molecule has 86 valence electrons. The Labute approximate surface area is 92.2 Å². The Morgan fingerprint density at radius 1 is 1.07 bits per heavy atom. The molecular weight excluding hydrogens is 190 g/mol. The second kappa shape index (κ2) is 7.04. The van der Waals surface area contributed by atoms with Crippen LogP contribution in [0.1, 0.15) is 5.56 Å². The van der Waals surface area contributed by atoms with E-state index in [1.165, 1.54) is 0 Å². The smallest absolute Gasteiger partial charge is 0.115 e. The van der Waals surface area contributed by atoms with E-state index in [-0.39, 0.29) is 5.48 Å². The molecule has 0 atom stereocenters. The molecule has 1 aromatic carbocycles. The van der Waals surface area contributed by atoms with Crippen molar-refractivity contribution in [1.82, 2.24) is 0 Å². The Morgan fingerprint density at radius 3 is 1.67 bits per heavy atom. The fourth-order valence-corrected chi connectivity index (χ4v) is 0.610. The van der Waals surface area contributed by atoms with Crippen LogP contribution < -0.4 is 0 Å². The van der Waals surface area contributed by atoms with Crippen LogP contribution in [0, 0.1) is 0 Å². The predicted octanol–water partition coefficient (Wildman–Crippen LogP) is 2.18. The summed E-state index contributed by atoms with van der Waals surface area (Å²) in [7, 11) is 8.50. The van der Waals surface area contributed by atoms with Crippen molar-refractivity contribution in [2.24, 2.45) is 0 Å². The topological polar surface area (TPSA) is 50.2 Å². The lowest BCUT2D eigenvalue weighted by atomic mass is 10.2. The normalized spacial score (nSPS) is 9.33. The molecule has 15 heavy (non-hydrogen) atoms. The minimum Gasteiger partial charge on any atom is -0.870 e. The van der Waals surface area contributed by atoms with Gasteiger partial charge in [0.2, 0.25) is 0 Å². The van der Waals surface area contributed by atoms with Crippen molar-refractivity contribution in [3.63, 3.8) is 0 Å². The van der Waals surface area contributed by atoms with Gasteiger partial charge in [-0.05, 0) is 17.7 Å². The van der Waals surface area contributed by atoms with Gasteiger partial charge >= 0.3 is 0 Å². The van der Waals surface area contributed by atoms with Crippen molar-refractivity contribution in [3.05, 3.63) is 36.4 Å². The first-order valence-corrected chi connectivity index (χ1v) is 4.53. The first-order chi connectivity index (χ1) is 6.33. The van der Waals surface area contributed by atoms with Gasteiger partial charge in [-0.2, -0.15) is 0 Å². The van der Waals surface area contributed by atoms with Gasteiger partial charge in [-0.15, -0.1) is 0 Å². The van der Waals surface area contributed by atoms with E-state index in [9.17, 15) is 0 Å². The molecule has 3 nitrogen and oxygen atoms in total. The molecule has 0 aliphatic heterocycles. The van der Waals surface area contributed by atoms with Crippen molar-refractivity contribution < 1.29 is 15.1 Å². The number of aromatic hydroxyl groups is 1. The molecular formula is C12H21NO2. The molecule has 0 heterocycles. The SMILES string of the molecule is C=Cc1ccc(O)cc1.C[N+](C)(C)C.[OH-]. The molecule has 0 saturated heterocycles. The zero-order valence-corrected chi connectivity index (χ0v) is 9.94. The van der Waals surface area contributed by atoms with Gasteiger partial charge in [0.25, 0.3) is 0 Å². The van der Waals surface area contributed by atoms with Crippen LogP contribution in [-0.4, -0.2) is 43.3 Å². The van der Waals surface area contributed by atoms with Crippen molar-refractivity contribution in [2.75, 3.05) is 28.2 Å². The van der Waals surface area contributed by atoms with Gasteiger partial charge in [0.1, 0.15) is 5.75 Å². The van der Waals surface area contributed by atoms with Crippen LogP contribution in [-0.2, 0) is 0 Å². The summed E-state index contributed by atoms with van der Waals surface area (Å²) < 4.78 is 1.00. The molecule has 1 aromatic rings. The van der Waals surface area contributed by atoms with E-state index < -0.39 is 0 Å². The third kappa shape index (κ3) is 12.7. The number of phenolic OH excluding ortho intramolecular Hbond substituents is 1. The quantitative estimate of drug-likeness (QED) is 0.724. The zero-order chi connectivity index (χ0) is 11.2. The average molecular weight is 211 g/mol. The van der Waals surface area contributed by atoms with Crippen molar-refractivity contribution in [3.8, 4) is 5.75 Å². The molecule has 0 aliphatic rings. The molecule has 0 fully saturated rings. The van der Waals surface area contributed by atoms with Crippen LogP contribution >= 0.6 is 0 Å². The van der Waals surface area contributed by atoms with Crippen LogP contribution in [0.2, 0.25) is 0 Å². The third-order valence-electron chi connectivity index (χ3n) is 1.13. The molecule has 0 unspecified atom stereocenters. The molecule has 0 aromatic heterocycles.